The molecule has 0 spiro atoms. The van der Waals surface area contributed by atoms with E-state index in [0.29, 0.717) is 6.42 Å². The van der Waals surface area contributed by atoms with E-state index in [1.165, 1.54) is 0 Å². The van der Waals surface area contributed by atoms with E-state index >= 15 is 0 Å². The van der Waals surface area contributed by atoms with Gasteiger partial charge in [0.1, 0.15) is 0 Å². The smallest absolute Gasteiger partial charge is 0.219 e. The Labute approximate surface area is 73.3 Å². The van der Waals surface area contributed by atoms with Crippen molar-refractivity contribution in [2.75, 3.05) is 26.7 Å². The van der Waals surface area contributed by atoms with Gasteiger partial charge in [0.15, 0.2) is 0 Å². The van der Waals surface area contributed by atoms with Crippen LogP contribution < -0.4 is 10.6 Å². The lowest BCUT2D eigenvalue weighted by Crippen LogP contribution is -2.22. The third-order valence-electron chi connectivity index (χ3n) is 1.55. The largest absolute Gasteiger partial charge is 0.396 e. The lowest BCUT2D eigenvalue weighted by Gasteiger charge is -2.02. The zero-order chi connectivity index (χ0) is 9.23. The van der Waals surface area contributed by atoms with Crippen LogP contribution in [0.4, 0.5) is 0 Å². The van der Waals surface area contributed by atoms with Crippen molar-refractivity contribution < 1.29 is 9.90 Å². The summed E-state index contributed by atoms with van der Waals surface area (Å²) in [6, 6.07) is 0. The molecule has 0 fully saturated rings. The van der Waals surface area contributed by atoms with Crippen molar-refractivity contribution in [1.29, 1.82) is 0 Å². The summed E-state index contributed by atoms with van der Waals surface area (Å²) in [7, 11) is 1.64. The quantitative estimate of drug-likeness (QED) is 0.455. The minimum absolute atomic E-state index is 0.0824. The van der Waals surface area contributed by atoms with E-state index in [9.17, 15) is 4.79 Å². The fourth-order valence-corrected chi connectivity index (χ4v) is 0.828. The van der Waals surface area contributed by atoms with E-state index in [4.69, 9.17) is 5.11 Å². The van der Waals surface area contributed by atoms with Gasteiger partial charge in [0, 0.05) is 20.1 Å². The molecule has 4 heteroatoms. The highest BCUT2D eigenvalue weighted by molar-refractivity contribution is 5.75. The van der Waals surface area contributed by atoms with Gasteiger partial charge in [-0.1, -0.05) is 0 Å². The molecule has 1 amide bonds. The summed E-state index contributed by atoms with van der Waals surface area (Å²) >= 11 is 0. The molecule has 4 nitrogen and oxygen atoms in total. The van der Waals surface area contributed by atoms with E-state index in [1.807, 2.05) is 0 Å². The Bertz CT molecular complexity index is 118. The first-order valence-electron chi connectivity index (χ1n) is 4.33. The zero-order valence-electron chi connectivity index (χ0n) is 7.60. The molecule has 0 aromatic carbocycles. The molecule has 0 saturated carbocycles. The maximum atomic E-state index is 10.7. The number of hydrogen-bond acceptors (Lipinski definition) is 3. The highest BCUT2D eigenvalue weighted by Gasteiger charge is 1.95. The SMILES string of the molecule is CNC(=O)CCCNCCCO. The van der Waals surface area contributed by atoms with Crippen LogP contribution in [0.5, 0.6) is 0 Å². The topological polar surface area (TPSA) is 61.4 Å². The number of amides is 1. The number of aliphatic hydroxyl groups excluding tert-OH is 1. The Morgan fingerprint density at radius 2 is 2.00 bits per heavy atom. The molecule has 0 aliphatic rings. The first-order chi connectivity index (χ1) is 5.81. The number of rotatable bonds is 7. The van der Waals surface area contributed by atoms with Crippen molar-refractivity contribution in [2.45, 2.75) is 19.3 Å². The second kappa shape index (κ2) is 8.49. The molecule has 0 saturated heterocycles. The summed E-state index contributed by atoms with van der Waals surface area (Å²) in [4.78, 5) is 10.7. The van der Waals surface area contributed by atoms with Crippen LogP contribution in [0, 0.1) is 0 Å². The predicted octanol–water partition coefficient (Wildman–Crippen LogP) is -0.515. The van der Waals surface area contributed by atoms with Crippen molar-refractivity contribution in [1.82, 2.24) is 10.6 Å². The fraction of sp³-hybridized carbons (Fsp3) is 0.875. The number of hydrogen-bond donors (Lipinski definition) is 3. The second-order valence-corrected chi connectivity index (χ2v) is 2.60. The Morgan fingerprint density at radius 1 is 1.33 bits per heavy atom. The van der Waals surface area contributed by atoms with Crippen LogP contribution in [0.2, 0.25) is 0 Å². The molecule has 12 heavy (non-hydrogen) atoms. The fourth-order valence-electron chi connectivity index (χ4n) is 0.828. The van der Waals surface area contributed by atoms with Gasteiger partial charge in [-0.25, -0.2) is 0 Å². The summed E-state index contributed by atoms with van der Waals surface area (Å²) in [6.07, 6.45) is 2.20. The van der Waals surface area contributed by atoms with Crippen molar-refractivity contribution in [3.8, 4) is 0 Å². The van der Waals surface area contributed by atoms with Crippen LogP contribution in [-0.2, 0) is 4.79 Å². The average molecular weight is 174 g/mol. The molecule has 0 bridgehead atoms. The molecule has 72 valence electrons. The van der Waals surface area contributed by atoms with Crippen LogP contribution in [0.25, 0.3) is 0 Å². The molecule has 0 atom stereocenters. The Morgan fingerprint density at radius 3 is 2.58 bits per heavy atom. The number of aliphatic hydroxyl groups is 1. The minimum Gasteiger partial charge on any atom is -0.396 e. The van der Waals surface area contributed by atoms with Gasteiger partial charge in [-0.15, -0.1) is 0 Å². The van der Waals surface area contributed by atoms with Gasteiger partial charge in [0.05, 0.1) is 0 Å². The van der Waals surface area contributed by atoms with Crippen LogP contribution >= 0.6 is 0 Å². The molecule has 0 aliphatic heterocycles. The van der Waals surface area contributed by atoms with Crippen molar-refractivity contribution in [2.24, 2.45) is 0 Å². The average Bonchev–Trinajstić information content (AvgIpc) is 2.10. The van der Waals surface area contributed by atoms with E-state index in [2.05, 4.69) is 10.6 Å². The second-order valence-electron chi connectivity index (χ2n) is 2.60. The van der Waals surface area contributed by atoms with Crippen LogP contribution in [-0.4, -0.2) is 37.8 Å². The lowest BCUT2D eigenvalue weighted by atomic mass is 10.3. The van der Waals surface area contributed by atoms with E-state index < -0.39 is 0 Å². The molecule has 0 aromatic heterocycles. The third-order valence-corrected chi connectivity index (χ3v) is 1.55. The maximum absolute atomic E-state index is 10.7. The van der Waals surface area contributed by atoms with Crippen LogP contribution in [0.15, 0.2) is 0 Å². The molecule has 0 radical (unpaired) electrons. The summed E-state index contributed by atoms with van der Waals surface area (Å²) in [6.45, 7) is 1.89. The summed E-state index contributed by atoms with van der Waals surface area (Å²) < 4.78 is 0. The summed E-state index contributed by atoms with van der Waals surface area (Å²) in [5.41, 5.74) is 0. The molecule has 0 rings (SSSR count). The van der Waals surface area contributed by atoms with Gasteiger partial charge < -0.3 is 15.7 Å². The number of nitrogens with one attached hydrogen (secondary N) is 2. The van der Waals surface area contributed by atoms with E-state index in [0.717, 1.165) is 25.9 Å². The van der Waals surface area contributed by atoms with Crippen molar-refractivity contribution >= 4 is 5.91 Å². The van der Waals surface area contributed by atoms with Crippen molar-refractivity contribution in [3.05, 3.63) is 0 Å². The highest BCUT2D eigenvalue weighted by atomic mass is 16.3. The Kier molecular flexibility index (Phi) is 8.05. The molecule has 0 heterocycles. The maximum Gasteiger partial charge on any atom is 0.219 e. The van der Waals surface area contributed by atoms with E-state index in [-0.39, 0.29) is 12.5 Å². The molecular weight excluding hydrogens is 156 g/mol. The monoisotopic (exact) mass is 174 g/mol. The molecule has 3 N–H and O–H groups in total. The molecule has 0 aliphatic carbocycles. The van der Waals surface area contributed by atoms with Gasteiger partial charge in [-0.2, -0.15) is 0 Å². The van der Waals surface area contributed by atoms with Gasteiger partial charge in [0.2, 0.25) is 5.91 Å². The third kappa shape index (κ3) is 7.50. The minimum atomic E-state index is 0.0824. The highest BCUT2D eigenvalue weighted by Crippen LogP contribution is 1.85. The van der Waals surface area contributed by atoms with Crippen LogP contribution in [0.3, 0.4) is 0 Å². The summed E-state index contributed by atoms with van der Waals surface area (Å²) in [5.74, 6) is 0.0824. The van der Waals surface area contributed by atoms with Crippen LogP contribution in [0.1, 0.15) is 19.3 Å². The van der Waals surface area contributed by atoms with Gasteiger partial charge in [0.25, 0.3) is 0 Å². The van der Waals surface area contributed by atoms with Crippen molar-refractivity contribution in [3.63, 3.8) is 0 Å². The Hall–Kier alpha value is -0.610. The normalized spacial score (nSPS) is 9.83. The first-order valence-corrected chi connectivity index (χ1v) is 4.33. The lowest BCUT2D eigenvalue weighted by molar-refractivity contribution is -0.120. The predicted molar refractivity (Wildman–Crippen MR) is 47.9 cm³/mol. The van der Waals surface area contributed by atoms with Gasteiger partial charge in [-0.3, -0.25) is 4.79 Å². The standard InChI is InChI=1S/C8H18N2O2/c1-9-8(12)4-2-5-10-6-3-7-11/h10-11H,2-7H2,1H3,(H,9,12). The molecule has 0 unspecified atom stereocenters. The van der Waals surface area contributed by atoms with E-state index in [1.54, 1.807) is 7.05 Å². The number of carbonyl (C=O) groups excluding carboxylic acids is 1. The molecule has 0 aromatic rings. The first kappa shape index (κ1) is 11.4. The number of carbonyl (C=O) groups is 1. The Balaban J connectivity index is 2.95. The summed E-state index contributed by atoms with van der Waals surface area (Å²) in [5, 5.41) is 14.1. The van der Waals surface area contributed by atoms with Gasteiger partial charge >= 0.3 is 0 Å². The molecular formula is C8H18N2O2. The zero-order valence-corrected chi connectivity index (χ0v) is 7.60. The van der Waals surface area contributed by atoms with Gasteiger partial charge in [-0.05, 0) is 25.9 Å².